The van der Waals surface area contributed by atoms with E-state index in [0.717, 1.165) is 19.6 Å². The molecule has 64 valence electrons. The number of likely N-dealkylation sites (N-methyl/N-ethyl adjacent to an activating group) is 1. The van der Waals surface area contributed by atoms with Crippen LogP contribution in [-0.4, -0.2) is 37.0 Å². The SMILES string of the molecule is CC(=O)CCC1CN(C)CN1. The first-order chi connectivity index (χ1) is 5.18. The molecule has 0 aromatic carbocycles. The third-order valence-electron chi connectivity index (χ3n) is 2.03. The second-order valence-corrected chi connectivity index (χ2v) is 3.34. The van der Waals surface area contributed by atoms with Crippen molar-refractivity contribution in [3.05, 3.63) is 0 Å². The van der Waals surface area contributed by atoms with Gasteiger partial charge in [-0.15, -0.1) is 0 Å². The lowest BCUT2D eigenvalue weighted by Crippen LogP contribution is -2.23. The molecule has 0 spiro atoms. The van der Waals surface area contributed by atoms with Crippen LogP contribution < -0.4 is 5.32 Å². The van der Waals surface area contributed by atoms with Crippen molar-refractivity contribution in [3.8, 4) is 0 Å². The first kappa shape index (κ1) is 8.68. The molecule has 0 amide bonds. The van der Waals surface area contributed by atoms with E-state index in [1.165, 1.54) is 0 Å². The van der Waals surface area contributed by atoms with Crippen molar-refractivity contribution in [1.82, 2.24) is 10.2 Å². The maximum absolute atomic E-state index is 10.6. The molecule has 0 saturated carbocycles. The molecule has 1 rings (SSSR count). The summed E-state index contributed by atoms with van der Waals surface area (Å²) in [6.45, 7) is 3.69. The van der Waals surface area contributed by atoms with Crippen LogP contribution in [0.4, 0.5) is 0 Å². The van der Waals surface area contributed by atoms with Gasteiger partial charge >= 0.3 is 0 Å². The van der Waals surface area contributed by atoms with Crippen LogP contribution in [0.5, 0.6) is 0 Å². The minimum absolute atomic E-state index is 0.293. The topological polar surface area (TPSA) is 32.3 Å². The van der Waals surface area contributed by atoms with Gasteiger partial charge in [-0.2, -0.15) is 0 Å². The highest BCUT2D eigenvalue weighted by atomic mass is 16.1. The molecular formula is C8H16N2O. The Morgan fingerprint density at radius 3 is 2.91 bits per heavy atom. The third-order valence-corrected chi connectivity index (χ3v) is 2.03. The maximum Gasteiger partial charge on any atom is 0.129 e. The van der Waals surface area contributed by atoms with Crippen LogP contribution in [0.2, 0.25) is 0 Å². The van der Waals surface area contributed by atoms with Crippen molar-refractivity contribution < 1.29 is 4.79 Å². The summed E-state index contributed by atoms with van der Waals surface area (Å²) in [5, 5.41) is 3.34. The molecule has 1 heterocycles. The van der Waals surface area contributed by atoms with Crippen LogP contribution >= 0.6 is 0 Å². The monoisotopic (exact) mass is 156 g/mol. The number of carbonyl (C=O) groups excluding carboxylic acids is 1. The summed E-state index contributed by atoms with van der Waals surface area (Å²) in [5.74, 6) is 0.293. The Balaban J connectivity index is 2.13. The quantitative estimate of drug-likeness (QED) is 0.634. The smallest absolute Gasteiger partial charge is 0.129 e. The van der Waals surface area contributed by atoms with Gasteiger partial charge in [0.15, 0.2) is 0 Å². The number of Topliss-reactive ketones (excluding diaryl/α,β-unsaturated/α-hetero) is 1. The number of hydrogen-bond acceptors (Lipinski definition) is 3. The molecule has 1 atom stereocenters. The Bertz CT molecular complexity index is 147. The van der Waals surface area contributed by atoms with Gasteiger partial charge in [0, 0.05) is 25.7 Å². The fraction of sp³-hybridized carbons (Fsp3) is 0.875. The van der Waals surface area contributed by atoms with E-state index >= 15 is 0 Å². The lowest BCUT2D eigenvalue weighted by Gasteiger charge is -2.07. The Kier molecular flexibility index (Phi) is 3.02. The van der Waals surface area contributed by atoms with Gasteiger partial charge in [0.2, 0.25) is 0 Å². The predicted molar refractivity (Wildman–Crippen MR) is 44.3 cm³/mol. The molecule has 0 aliphatic carbocycles. The molecular weight excluding hydrogens is 140 g/mol. The fourth-order valence-electron chi connectivity index (χ4n) is 1.36. The lowest BCUT2D eigenvalue weighted by molar-refractivity contribution is -0.117. The Hall–Kier alpha value is -0.410. The van der Waals surface area contributed by atoms with E-state index in [1.54, 1.807) is 6.92 Å². The van der Waals surface area contributed by atoms with E-state index in [2.05, 4.69) is 17.3 Å². The predicted octanol–water partition coefficient (Wildman–Crippen LogP) is 0.217. The highest BCUT2D eigenvalue weighted by Gasteiger charge is 2.17. The van der Waals surface area contributed by atoms with Gasteiger partial charge in [0.1, 0.15) is 5.78 Å². The number of nitrogens with one attached hydrogen (secondary N) is 1. The van der Waals surface area contributed by atoms with Gasteiger partial charge in [-0.05, 0) is 20.4 Å². The summed E-state index contributed by atoms with van der Waals surface area (Å²) in [6, 6.07) is 0.531. The summed E-state index contributed by atoms with van der Waals surface area (Å²) >= 11 is 0. The zero-order valence-corrected chi connectivity index (χ0v) is 7.26. The number of carbonyl (C=O) groups is 1. The largest absolute Gasteiger partial charge is 0.300 e. The molecule has 3 heteroatoms. The molecule has 3 nitrogen and oxygen atoms in total. The minimum Gasteiger partial charge on any atom is -0.300 e. The Labute approximate surface area is 67.8 Å². The van der Waals surface area contributed by atoms with Crippen molar-refractivity contribution in [1.29, 1.82) is 0 Å². The average molecular weight is 156 g/mol. The molecule has 1 aliphatic heterocycles. The molecule has 0 radical (unpaired) electrons. The van der Waals surface area contributed by atoms with Crippen molar-refractivity contribution in [2.45, 2.75) is 25.8 Å². The molecule has 1 N–H and O–H groups in total. The average Bonchev–Trinajstić information content (AvgIpc) is 2.31. The summed E-state index contributed by atoms with van der Waals surface area (Å²) in [7, 11) is 2.08. The van der Waals surface area contributed by atoms with Crippen molar-refractivity contribution >= 4 is 5.78 Å². The van der Waals surface area contributed by atoms with E-state index < -0.39 is 0 Å². The molecule has 1 aliphatic rings. The van der Waals surface area contributed by atoms with E-state index in [0.29, 0.717) is 18.2 Å². The summed E-state index contributed by atoms with van der Waals surface area (Å²) in [5.41, 5.74) is 0. The van der Waals surface area contributed by atoms with Crippen molar-refractivity contribution in [2.24, 2.45) is 0 Å². The standard InChI is InChI=1S/C8H16N2O/c1-7(11)3-4-8-5-10(2)6-9-8/h8-9H,3-6H2,1-2H3. The highest BCUT2D eigenvalue weighted by molar-refractivity contribution is 5.75. The van der Waals surface area contributed by atoms with E-state index in [4.69, 9.17) is 0 Å². The van der Waals surface area contributed by atoms with E-state index in [1.807, 2.05) is 0 Å². The molecule has 1 fully saturated rings. The first-order valence-corrected chi connectivity index (χ1v) is 4.10. The van der Waals surface area contributed by atoms with Crippen LogP contribution in [0.15, 0.2) is 0 Å². The van der Waals surface area contributed by atoms with E-state index in [9.17, 15) is 4.79 Å². The van der Waals surface area contributed by atoms with Gasteiger partial charge in [0.25, 0.3) is 0 Å². The normalized spacial score (nSPS) is 25.8. The second kappa shape index (κ2) is 3.83. The number of nitrogens with zero attached hydrogens (tertiary/aromatic N) is 1. The number of rotatable bonds is 3. The van der Waals surface area contributed by atoms with Gasteiger partial charge in [-0.1, -0.05) is 0 Å². The highest BCUT2D eigenvalue weighted by Crippen LogP contribution is 2.04. The van der Waals surface area contributed by atoms with Gasteiger partial charge in [-0.3, -0.25) is 4.90 Å². The molecule has 0 aromatic heterocycles. The number of hydrogen-bond donors (Lipinski definition) is 1. The zero-order chi connectivity index (χ0) is 8.27. The minimum atomic E-state index is 0.293. The maximum atomic E-state index is 10.6. The Morgan fingerprint density at radius 1 is 1.73 bits per heavy atom. The molecule has 1 saturated heterocycles. The van der Waals surface area contributed by atoms with Gasteiger partial charge < -0.3 is 10.1 Å². The van der Waals surface area contributed by atoms with Crippen LogP contribution in [0.3, 0.4) is 0 Å². The molecule has 0 bridgehead atoms. The van der Waals surface area contributed by atoms with Crippen LogP contribution in [-0.2, 0) is 4.79 Å². The third kappa shape index (κ3) is 2.99. The zero-order valence-electron chi connectivity index (χ0n) is 7.26. The molecule has 1 unspecified atom stereocenters. The van der Waals surface area contributed by atoms with Crippen molar-refractivity contribution in [3.63, 3.8) is 0 Å². The van der Waals surface area contributed by atoms with Crippen LogP contribution in [0.1, 0.15) is 19.8 Å². The van der Waals surface area contributed by atoms with Gasteiger partial charge in [0.05, 0.1) is 0 Å². The van der Waals surface area contributed by atoms with Crippen LogP contribution in [0, 0.1) is 0 Å². The summed E-state index contributed by atoms with van der Waals surface area (Å²) in [6.07, 6.45) is 1.70. The lowest BCUT2D eigenvalue weighted by atomic mass is 10.1. The van der Waals surface area contributed by atoms with Gasteiger partial charge in [-0.25, -0.2) is 0 Å². The van der Waals surface area contributed by atoms with Crippen molar-refractivity contribution in [2.75, 3.05) is 20.3 Å². The summed E-state index contributed by atoms with van der Waals surface area (Å²) in [4.78, 5) is 12.9. The Morgan fingerprint density at radius 2 is 2.45 bits per heavy atom. The van der Waals surface area contributed by atoms with E-state index in [-0.39, 0.29) is 0 Å². The molecule has 0 aromatic rings. The van der Waals surface area contributed by atoms with Crippen LogP contribution in [0.25, 0.3) is 0 Å². The molecule has 11 heavy (non-hydrogen) atoms. The summed E-state index contributed by atoms with van der Waals surface area (Å²) < 4.78 is 0. The number of ketones is 1. The second-order valence-electron chi connectivity index (χ2n) is 3.34. The first-order valence-electron chi connectivity index (χ1n) is 4.10. The fourth-order valence-corrected chi connectivity index (χ4v) is 1.36.